The molecule has 0 unspecified atom stereocenters. The Bertz CT molecular complexity index is 3530. The van der Waals surface area contributed by atoms with Gasteiger partial charge in [0.25, 0.3) is 21.6 Å². The van der Waals surface area contributed by atoms with E-state index in [0.29, 0.717) is 72.3 Å². The van der Waals surface area contributed by atoms with Crippen LogP contribution < -0.4 is 34.0 Å². The molecule has 82 heavy (non-hydrogen) atoms. The third-order valence-corrected chi connectivity index (χ3v) is 19.6. The van der Waals surface area contributed by atoms with Gasteiger partial charge in [-0.3, -0.25) is 24.7 Å². The summed E-state index contributed by atoms with van der Waals surface area (Å²) in [5.74, 6) is 0.165. The number of halogens is 2. The summed E-state index contributed by atoms with van der Waals surface area (Å²) in [6, 6.07) is 24.7. The minimum Gasteiger partial charge on any atom is -0.491 e. The number of nitrogens with one attached hydrogen (secondary N) is 3. The number of fused-ring (bicyclic) bond motifs is 4. The number of nitrogens with zero attached hydrogens (tertiary/aromatic N) is 6. The van der Waals surface area contributed by atoms with E-state index >= 15 is 4.39 Å². The van der Waals surface area contributed by atoms with Gasteiger partial charge in [0.1, 0.15) is 35.6 Å². The van der Waals surface area contributed by atoms with Crippen LogP contribution in [0.1, 0.15) is 86.3 Å². The first kappa shape index (κ1) is 54.5. The van der Waals surface area contributed by atoms with Crippen molar-refractivity contribution < 1.29 is 46.2 Å². The van der Waals surface area contributed by atoms with Crippen molar-refractivity contribution in [1.82, 2.24) is 24.5 Å². The Balaban J connectivity index is 0.774. The van der Waals surface area contributed by atoms with Gasteiger partial charge in [0.2, 0.25) is 5.88 Å². The zero-order valence-corrected chi connectivity index (χ0v) is 47.4. The highest BCUT2D eigenvalue weighted by Gasteiger charge is 2.51. The molecule has 1 amide bonds. The molecule has 0 bridgehead atoms. The first-order chi connectivity index (χ1) is 39.7. The fourth-order valence-corrected chi connectivity index (χ4v) is 14.9. The highest BCUT2D eigenvalue weighted by atomic mass is 35.5. The monoisotopic (exact) mass is 1160 g/mol. The van der Waals surface area contributed by atoms with Gasteiger partial charge >= 0.3 is 0 Å². The SMILES string of the molecule is CC(C)Oc1ccccc1[C@@H]1CN(Cc2ccc(Cl)cc2F)CCN1C1CC2(CCN(c3ccc(C(=O)NS(=O)(=O)c4cc5c(c([N+](=O)[O-])c4)N[C@H](C4CCOCC4)CO5)c(N4c5cc6cc[nH]c6nc5O[C@H]5COCC[C@@H]54)c3)CC2)C1. The average Bonchev–Trinajstić information content (AvgIpc) is 3.90. The number of amides is 1. The zero-order chi connectivity index (χ0) is 56.4. The number of pyridine rings is 1. The molecular weight excluding hydrogens is 1090 g/mol. The molecule has 5 fully saturated rings. The van der Waals surface area contributed by atoms with Gasteiger partial charge in [-0.1, -0.05) is 35.9 Å². The Kier molecular flexibility index (Phi) is 14.7. The Hall–Kier alpha value is -6.75. The Labute approximate surface area is 480 Å². The highest BCUT2D eigenvalue weighted by molar-refractivity contribution is 7.90. The van der Waals surface area contributed by atoms with Crippen LogP contribution in [-0.4, -0.2) is 135 Å². The van der Waals surface area contributed by atoms with Gasteiger partial charge in [0.15, 0.2) is 11.4 Å². The van der Waals surface area contributed by atoms with E-state index in [9.17, 15) is 23.3 Å². The minimum atomic E-state index is -4.73. The molecule has 4 atom stereocenters. The lowest BCUT2D eigenvalue weighted by Gasteiger charge is -2.58. The Morgan fingerprint density at radius 1 is 0.951 bits per heavy atom. The number of carbonyl (C=O) groups excluding carboxylic acids is 1. The number of sulfonamides is 1. The smallest absolute Gasteiger partial charge is 0.297 e. The molecule has 22 heteroatoms. The van der Waals surface area contributed by atoms with Crippen molar-refractivity contribution in [2.24, 2.45) is 11.3 Å². The van der Waals surface area contributed by atoms with Crippen molar-refractivity contribution in [3.8, 4) is 17.4 Å². The van der Waals surface area contributed by atoms with Gasteiger partial charge in [0.05, 0.1) is 51.9 Å². The molecule has 7 aliphatic rings. The van der Waals surface area contributed by atoms with Gasteiger partial charge in [-0.05, 0) is 119 Å². The number of aromatic nitrogens is 2. The number of piperidine rings is 1. The molecule has 1 aliphatic carbocycles. The number of hydrogen-bond donors (Lipinski definition) is 3. The summed E-state index contributed by atoms with van der Waals surface area (Å²) in [4.78, 5) is 43.8. The molecule has 8 heterocycles. The van der Waals surface area contributed by atoms with Crippen LogP contribution in [0.3, 0.4) is 0 Å². The van der Waals surface area contributed by atoms with Gasteiger partial charge in [-0.25, -0.2) is 17.5 Å². The van der Waals surface area contributed by atoms with Crippen LogP contribution in [0.4, 0.5) is 32.8 Å². The van der Waals surface area contributed by atoms with Crippen LogP contribution in [0.15, 0.2) is 96.0 Å². The molecule has 4 saturated heterocycles. The number of para-hydroxylation sites is 1. The van der Waals surface area contributed by atoms with Crippen LogP contribution in [0.25, 0.3) is 11.0 Å². The summed E-state index contributed by atoms with van der Waals surface area (Å²) < 4.78 is 76.8. The van der Waals surface area contributed by atoms with E-state index in [1.54, 1.807) is 24.4 Å². The maximum Gasteiger partial charge on any atom is 0.297 e. The normalized spacial score (nSPS) is 23.2. The third kappa shape index (κ3) is 10.6. The number of anilines is 4. The van der Waals surface area contributed by atoms with E-state index in [4.69, 9.17) is 40.3 Å². The molecule has 432 valence electrons. The number of carbonyl (C=O) groups is 1. The largest absolute Gasteiger partial charge is 0.491 e. The number of piperazine rings is 1. The van der Waals surface area contributed by atoms with Crippen molar-refractivity contribution in [1.29, 1.82) is 0 Å². The van der Waals surface area contributed by atoms with Crippen molar-refractivity contribution in [3.05, 3.63) is 129 Å². The fourth-order valence-electron chi connectivity index (χ4n) is 13.7. The van der Waals surface area contributed by atoms with E-state index in [0.717, 1.165) is 99.7 Å². The Morgan fingerprint density at radius 3 is 2.55 bits per heavy atom. The summed E-state index contributed by atoms with van der Waals surface area (Å²) >= 11 is 6.13. The highest BCUT2D eigenvalue weighted by Crippen LogP contribution is 2.54. The number of rotatable bonds is 13. The zero-order valence-electron chi connectivity index (χ0n) is 45.9. The molecule has 1 spiro atoms. The summed E-state index contributed by atoms with van der Waals surface area (Å²) in [6.45, 7) is 10.5. The van der Waals surface area contributed by atoms with Gasteiger partial charge < -0.3 is 43.8 Å². The average molecular weight is 1160 g/mol. The third-order valence-electron chi connectivity index (χ3n) is 18.0. The first-order valence-electron chi connectivity index (χ1n) is 28.6. The predicted molar refractivity (Wildman–Crippen MR) is 308 cm³/mol. The molecule has 13 rings (SSSR count). The number of aromatic amines is 1. The minimum absolute atomic E-state index is 0.00481. The van der Waals surface area contributed by atoms with E-state index in [-0.39, 0.29) is 71.6 Å². The van der Waals surface area contributed by atoms with Gasteiger partial charge in [-0.15, -0.1) is 0 Å². The van der Waals surface area contributed by atoms with Crippen molar-refractivity contribution in [2.45, 2.75) is 107 Å². The van der Waals surface area contributed by atoms with Gasteiger partial charge in [0, 0.05) is 111 Å². The first-order valence-corrected chi connectivity index (χ1v) is 30.5. The maximum atomic E-state index is 15.1. The fraction of sp³-hybridized carbons (Fsp3) is 0.467. The summed E-state index contributed by atoms with van der Waals surface area (Å²) in [5.41, 5.74) is 4.16. The van der Waals surface area contributed by atoms with Crippen LogP contribution in [0, 0.1) is 27.3 Å². The molecule has 2 aromatic heterocycles. The number of ether oxygens (including phenoxy) is 5. The second kappa shape index (κ2) is 22.1. The van der Waals surface area contributed by atoms with Crippen LogP contribution in [0.2, 0.25) is 5.02 Å². The number of nitro groups is 1. The maximum absolute atomic E-state index is 15.1. The lowest BCUT2D eigenvalue weighted by atomic mass is 9.59. The number of benzene rings is 4. The molecule has 6 aromatic rings. The molecular formula is C60H67ClFN9O10S. The molecule has 19 nitrogen and oxygen atoms in total. The quantitative estimate of drug-likeness (QED) is 0.0727. The number of hydrogen-bond acceptors (Lipinski definition) is 16. The van der Waals surface area contributed by atoms with E-state index < -0.39 is 37.5 Å². The standard InChI is InChI=1S/C60H67ClFN9O10S/c1-36(2)80-53-6-4-3-5-44(53)52-33-67(32-39-7-8-40(61)26-46(39)62)20-21-69(52)42-30-60(31-42)15-18-68(19-16-60)41-9-10-45(49(27-41)70-48-14-24-78-35-55(48)81-59-51(70)25-38-11-17-63-57(38)65-59)58(72)66-82(75,76)43-28-50(71(73)74)56-54(29-43)79-34-47(64-56)37-12-22-77-23-13-37/h3-11,17,25-29,36-37,42,47-48,52,55,64H,12-16,18-24,30-35H2,1-2H3,(H,63,65)(H,66,72)/t47-,48-,52-,55-/m0/s1. The number of H-pyrrole nitrogens is 1. The lowest BCUT2D eigenvalue weighted by molar-refractivity contribution is -0.384. The molecule has 1 saturated carbocycles. The van der Waals surface area contributed by atoms with E-state index in [1.807, 2.05) is 44.2 Å². The van der Waals surface area contributed by atoms with E-state index in [2.05, 4.69) is 52.8 Å². The second-order valence-electron chi connectivity index (χ2n) is 23.4. The molecule has 6 aliphatic heterocycles. The lowest BCUT2D eigenvalue weighted by Crippen LogP contribution is -2.59. The van der Waals surface area contributed by atoms with Crippen LogP contribution >= 0.6 is 11.6 Å². The van der Waals surface area contributed by atoms with E-state index in [1.165, 1.54) is 12.1 Å². The molecule has 4 aromatic carbocycles. The second-order valence-corrected chi connectivity index (χ2v) is 25.5. The molecule has 0 radical (unpaired) electrons. The van der Waals surface area contributed by atoms with Crippen LogP contribution in [-0.2, 0) is 26.0 Å². The van der Waals surface area contributed by atoms with Crippen molar-refractivity contribution in [2.75, 3.05) is 80.9 Å². The van der Waals surface area contributed by atoms with Gasteiger partial charge in [-0.2, -0.15) is 4.98 Å². The van der Waals surface area contributed by atoms with Crippen LogP contribution in [0.5, 0.6) is 17.4 Å². The summed E-state index contributed by atoms with van der Waals surface area (Å²) in [7, 11) is -4.73. The number of nitro benzene ring substituents is 1. The molecule has 3 N–H and O–H groups in total. The topological polar surface area (TPSA) is 206 Å². The van der Waals surface area contributed by atoms with Crippen molar-refractivity contribution in [3.63, 3.8) is 0 Å². The predicted octanol–water partition coefficient (Wildman–Crippen LogP) is 9.77. The van der Waals surface area contributed by atoms with Crippen molar-refractivity contribution >= 4 is 67.0 Å². The summed E-state index contributed by atoms with van der Waals surface area (Å²) in [6.07, 6.45) is 7.37. The Morgan fingerprint density at radius 2 is 1.76 bits per heavy atom. The summed E-state index contributed by atoms with van der Waals surface area (Å²) in [5, 5.41) is 17.1.